The highest BCUT2D eigenvalue weighted by atomic mass is 35.5. The lowest BCUT2D eigenvalue weighted by atomic mass is 9.97. The summed E-state index contributed by atoms with van der Waals surface area (Å²) < 4.78 is 8.90. The number of ether oxygens (including phenoxy) is 1. The molecule has 1 aliphatic heterocycles. The van der Waals surface area contributed by atoms with Gasteiger partial charge in [-0.1, -0.05) is 24.3 Å². The molecule has 0 saturated carbocycles. The van der Waals surface area contributed by atoms with Crippen molar-refractivity contribution in [1.29, 1.82) is 0 Å². The fourth-order valence-corrected chi connectivity index (χ4v) is 4.21. The highest BCUT2D eigenvalue weighted by Crippen LogP contribution is 2.35. The Morgan fingerprint density at radius 3 is 2.84 bits per heavy atom. The Bertz CT molecular complexity index is 1350. The zero-order chi connectivity index (χ0) is 21.4. The predicted molar refractivity (Wildman–Crippen MR) is 124 cm³/mol. The summed E-state index contributed by atoms with van der Waals surface area (Å²) in [7, 11) is 0. The smallest absolute Gasteiger partial charge is 0.325 e. The van der Waals surface area contributed by atoms with Crippen molar-refractivity contribution < 1.29 is 9.53 Å². The monoisotopic (exact) mass is 450 g/mol. The van der Waals surface area contributed by atoms with Crippen LogP contribution in [-0.2, 0) is 29.0 Å². The molecular formula is C24H23ClN4O3. The molecule has 0 radical (unpaired) electrons. The highest BCUT2D eigenvalue weighted by Gasteiger charge is 2.25. The molecule has 0 bridgehead atoms. The molecule has 4 heterocycles. The molecule has 0 aliphatic carbocycles. The van der Waals surface area contributed by atoms with Crippen LogP contribution >= 0.6 is 12.4 Å². The number of imidazole rings is 1. The van der Waals surface area contributed by atoms with Crippen molar-refractivity contribution in [2.75, 3.05) is 6.61 Å². The number of benzene rings is 1. The van der Waals surface area contributed by atoms with Crippen LogP contribution < -0.4 is 5.56 Å². The molecule has 0 fully saturated rings. The predicted octanol–water partition coefficient (Wildman–Crippen LogP) is 3.53. The van der Waals surface area contributed by atoms with Gasteiger partial charge in [-0.15, -0.1) is 12.4 Å². The molecule has 0 amide bonds. The third-order valence-electron chi connectivity index (χ3n) is 5.74. The molecule has 0 N–H and O–H groups in total. The number of hydrogen-bond donors (Lipinski definition) is 0. The average molecular weight is 451 g/mol. The number of rotatable bonds is 6. The third kappa shape index (κ3) is 3.91. The van der Waals surface area contributed by atoms with E-state index >= 15 is 0 Å². The van der Waals surface area contributed by atoms with E-state index < -0.39 is 0 Å². The van der Waals surface area contributed by atoms with E-state index in [2.05, 4.69) is 11.1 Å². The van der Waals surface area contributed by atoms with Crippen molar-refractivity contribution >= 4 is 29.3 Å². The largest absolute Gasteiger partial charge is 0.464 e. The molecule has 164 valence electrons. The van der Waals surface area contributed by atoms with E-state index in [0.29, 0.717) is 19.6 Å². The minimum Gasteiger partial charge on any atom is -0.464 e. The van der Waals surface area contributed by atoms with Crippen LogP contribution in [0.25, 0.3) is 22.3 Å². The van der Waals surface area contributed by atoms with Crippen molar-refractivity contribution in [3.63, 3.8) is 0 Å². The number of pyridine rings is 2. The van der Waals surface area contributed by atoms with Crippen molar-refractivity contribution in [1.82, 2.24) is 19.1 Å². The minimum absolute atomic E-state index is 0. The minimum atomic E-state index is -0.280. The molecule has 3 aromatic heterocycles. The summed E-state index contributed by atoms with van der Waals surface area (Å²) in [6.07, 6.45) is 6.39. The second-order valence-corrected chi connectivity index (χ2v) is 7.79. The maximum atomic E-state index is 12.7. The van der Waals surface area contributed by atoms with E-state index in [9.17, 15) is 9.59 Å². The van der Waals surface area contributed by atoms with E-state index in [1.807, 2.05) is 37.3 Å². The normalized spacial score (nSPS) is 11.7. The number of hydrogen-bond acceptors (Lipinski definition) is 5. The van der Waals surface area contributed by atoms with Gasteiger partial charge in [0.05, 0.1) is 36.4 Å². The number of nitrogens with zero attached hydrogens (tertiary/aromatic N) is 4. The van der Waals surface area contributed by atoms with Gasteiger partial charge in [0.15, 0.2) is 0 Å². The fraction of sp³-hybridized carbons (Fsp3) is 0.250. The first-order valence-corrected chi connectivity index (χ1v) is 10.3. The molecule has 7 nitrogen and oxygen atoms in total. The van der Waals surface area contributed by atoms with Gasteiger partial charge in [0.1, 0.15) is 6.54 Å². The quantitative estimate of drug-likeness (QED) is 0.292. The molecular weight excluding hydrogens is 428 g/mol. The summed E-state index contributed by atoms with van der Waals surface area (Å²) in [5, 5.41) is 1.09. The molecule has 0 atom stereocenters. The Kier molecular flexibility index (Phi) is 6.10. The molecule has 1 aromatic carbocycles. The number of carbonyl (C=O) groups excluding carboxylic acids is 1. The van der Waals surface area contributed by atoms with E-state index in [-0.39, 0.29) is 30.5 Å². The Labute approximate surface area is 191 Å². The van der Waals surface area contributed by atoms with Crippen molar-refractivity contribution in [3.05, 3.63) is 82.2 Å². The summed E-state index contributed by atoms with van der Waals surface area (Å²) in [5.41, 5.74) is 5.67. The standard InChI is InChI=1S/C24H22N4O3.ClH/c1-16-8-9-21-23-19(13-28(21)24(16)30)17(18-5-2-3-7-20(18)26-23)6-4-12-31-22(29)14-27-11-10-25-15-27;/h2-3,5,7-11,15H,4,6,12-14H2,1H3;1H. The average Bonchev–Trinajstić information content (AvgIpc) is 3.41. The molecule has 4 aromatic rings. The summed E-state index contributed by atoms with van der Waals surface area (Å²) >= 11 is 0. The second kappa shape index (κ2) is 8.96. The summed E-state index contributed by atoms with van der Waals surface area (Å²) in [5.74, 6) is -0.280. The SMILES string of the molecule is Cc1ccc2n(c1=O)Cc1c-2nc2ccccc2c1CCCOC(=O)Cn1ccnc1.Cl. The summed E-state index contributed by atoms with van der Waals surface area (Å²) in [6.45, 7) is 2.86. The van der Waals surface area contributed by atoms with E-state index in [4.69, 9.17) is 9.72 Å². The number of esters is 1. The van der Waals surface area contributed by atoms with Gasteiger partial charge < -0.3 is 13.9 Å². The van der Waals surface area contributed by atoms with Crippen LogP contribution in [0.2, 0.25) is 0 Å². The van der Waals surface area contributed by atoms with Gasteiger partial charge in [0, 0.05) is 28.9 Å². The maximum Gasteiger partial charge on any atom is 0.325 e. The first kappa shape index (κ1) is 21.8. The molecule has 1 aliphatic rings. The van der Waals surface area contributed by atoms with Crippen LogP contribution in [-0.4, -0.2) is 31.7 Å². The molecule has 8 heteroatoms. The third-order valence-corrected chi connectivity index (χ3v) is 5.74. The molecule has 0 spiro atoms. The first-order chi connectivity index (χ1) is 15.1. The fourth-order valence-electron chi connectivity index (χ4n) is 4.21. The Morgan fingerprint density at radius 1 is 1.19 bits per heavy atom. The lowest BCUT2D eigenvalue weighted by molar-refractivity contribution is -0.144. The molecule has 32 heavy (non-hydrogen) atoms. The maximum absolute atomic E-state index is 12.7. The van der Waals surface area contributed by atoms with Gasteiger partial charge in [-0.05, 0) is 37.5 Å². The van der Waals surface area contributed by atoms with E-state index in [0.717, 1.165) is 39.8 Å². The van der Waals surface area contributed by atoms with Crippen LogP contribution in [0.5, 0.6) is 0 Å². The van der Waals surface area contributed by atoms with Crippen LogP contribution in [0.1, 0.15) is 23.1 Å². The van der Waals surface area contributed by atoms with Gasteiger partial charge in [0.25, 0.3) is 5.56 Å². The molecule has 0 unspecified atom stereocenters. The Morgan fingerprint density at radius 2 is 2.03 bits per heavy atom. The number of aromatic nitrogens is 4. The van der Waals surface area contributed by atoms with Gasteiger partial charge in [0.2, 0.25) is 0 Å². The summed E-state index contributed by atoms with van der Waals surface area (Å²) in [4.78, 5) is 33.5. The topological polar surface area (TPSA) is 79.0 Å². The second-order valence-electron chi connectivity index (χ2n) is 7.79. The van der Waals surface area contributed by atoms with Crippen LogP contribution in [0, 0.1) is 6.92 Å². The number of carbonyl (C=O) groups is 1. The number of para-hydroxylation sites is 1. The van der Waals surface area contributed by atoms with Crippen molar-refractivity contribution in [2.24, 2.45) is 0 Å². The van der Waals surface area contributed by atoms with Crippen molar-refractivity contribution in [3.8, 4) is 11.4 Å². The molecule has 0 saturated heterocycles. The zero-order valence-electron chi connectivity index (χ0n) is 17.7. The van der Waals surface area contributed by atoms with Gasteiger partial charge in [-0.25, -0.2) is 9.97 Å². The summed E-state index contributed by atoms with van der Waals surface area (Å²) in [6, 6.07) is 11.9. The highest BCUT2D eigenvalue weighted by molar-refractivity contribution is 5.88. The van der Waals surface area contributed by atoms with E-state index in [1.54, 1.807) is 27.9 Å². The van der Waals surface area contributed by atoms with E-state index in [1.165, 1.54) is 5.56 Å². The van der Waals surface area contributed by atoms with Crippen LogP contribution in [0.4, 0.5) is 0 Å². The number of aryl methyl sites for hydroxylation is 2. The lowest BCUT2D eigenvalue weighted by Crippen LogP contribution is -2.20. The lowest BCUT2D eigenvalue weighted by Gasteiger charge is -2.12. The van der Waals surface area contributed by atoms with Gasteiger partial charge in [-0.2, -0.15) is 0 Å². The van der Waals surface area contributed by atoms with Crippen LogP contribution in [0.15, 0.2) is 59.9 Å². The van der Waals surface area contributed by atoms with Gasteiger partial charge >= 0.3 is 5.97 Å². The molecule has 5 rings (SSSR count). The Hall–Kier alpha value is -3.45. The van der Waals surface area contributed by atoms with Crippen LogP contribution in [0.3, 0.4) is 0 Å². The number of fused-ring (bicyclic) bond motifs is 4. The first-order valence-electron chi connectivity index (χ1n) is 10.3. The Balaban J connectivity index is 0.00000245. The van der Waals surface area contributed by atoms with Crippen molar-refractivity contribution in [2.45, 2.75) is 32.9 Å². The zero-order valence-corrected chi connectivity index (χ0v) is 18.5. The van der Waals surface area contributed by atoms with Gasteiger partial charge in [-0.3, -0.25) is 9.59 Å². The number of halogens is 1.